The van der Waals surface area contributed by atoms with Crippen LogP contribution in [0.1, 0.15) is 24.4 Å². The fourth-order valence-electron chi connectivity index (χ4n) is 1.93. The lowest BCUT2D eigenvalue weighted by Crippen LogP contribution is -2.33. The minimum absolute atomic E-state index is 0.0434. The Balaban J connectivity index is 2.96. The molecule has 0 bridgehead atoms. The molecule has 0 aliphatic rings. The predicted molar refractivity (Wildman–Crippen MR) is 77.2 cm³/mol. The predicted octanol–water partition coefficient (Wildman–Crippen LogP) is 1.95. The van der Waals surface area contributed by atoms with Gasteiger partial charge < -0.3 is 5.11 Å². The Labute approximate surface area is 115 Å². The van der Waals surface area contributed by atoms with Crippen LogP contribution in [-0.2, 0) is 10.0 Å². The topological polar surface area (TPSA) is 57.6 Å². The maximum absolute atomic E-state index is 12.2. The molecule has 1 aromatic rings. The molecule has 1 unspecified atom stereocenters. The first-order valence-corrected chi connectivity index (χ1v) is 7.86. The molecule has 0 aromatic heterocycles. The molecular weight excluding hydrogens is 262 g/mol. The summed E-state index contributed by atoms with van der Waals surface area (Å²) in [5, 5.41) is 9.15. The van der Waals surface area contributed by atoms with E-state index < -0.39 is 10.0 Å². The molecule has 4 nitrogen and oxygen atoms in total. The Morgan fingerprint density at radius 2 is 2.00 bits per heavy atom. The molecule has 0 fully saturated rings. The average molecular weight is 283 g/mol. The highest BCUT2D eigenvalue weighted by atomic mass is 32.2. The van der Waals surface area contributed by atoms with Crippen molar-refractivity contribution >= 4 is 10.0 Å². The fourth-order valence-corrected chi connectivity index (χ4v) is 3.29. The summed E-state index contributed by atoms with van der Waals surface area (Å²) < 4.78 is 25.7. The smallest absolute Gasteiger partial charge is 0.214 e. The molecule has 1 aromatic carbocycles. The molecule has 0 radical (unpaired) electrons. The number of benzene rings is 1. The van der Waals surface area contributed by atoms with E-state index in [2.05, 4.69) is 6.58 Å². The molecule has 19 heavy (non-hydrogen) atoms. The molecule has 0 saturated heterocycles. The van der Waals surface area contributed by atoms with E-state index in [4.69, 9.17) is 5.11 Å². The number of hydrogen-bond acceptors (Lipinski definition) is 3. The van der Waals surface area contributed by atoms with Gasteiger partial charge in [-0.25, -0.2) is 8.42 Å². The zero-order chi connectivity index (χ0) is 14.3. The van der Waals surface area contributed by atoms with E-state index >= 15 is 0 Å². The third-order valence-electron chi connectivity index (χ3n) is 3.04. The Morgan fingerprint density at radius 1 is 1.37 bits per heavy atom. The van der Waals surface area contributed by atoms with Crippen molar-refractivity contribution in [3.8, 4) is 0 Å². The van der Waals surface area contributed by atoms with Gasteiger partial charge in [-0.2, -0.15) is 4.31 Å². The number of hydrogen-bond donors (Lipinski definition) is 1. The van der Waals surface area contributed by atoms with Gasteiger partial charge in [0.05, 0.1) is 11.8 Å². The fraction of sp³-hybridized carbons (Fsp3) is 0.429. The van der Waals surface area contributed by atoms with Crippen molar-refractivity contribution in [2.75, 3.05) is 19.4 Å². The second-order valence-electron chi connectivity index (χ2n) is 4.35. The van der Waals surface area contributed by atoms with Gasteiger partial charge in [-0.1, -0.05) is 36.4 Å². The SMILES string of the molecule is C=CCCS(=O)(=O)N(C)C(CCO)c1ccccc1. The van der Waals surface area contributed by atoms with E-state index in [1.807, 2.05) is 30.3 Å². The minimum Gasteiger partial charge on any atom is -0.396 e. The van der Waals surface area contributed by atoms with Crippen molar-refractivity contribution in [2.24, 2.45) is 0 Å². The maximum Gasteiger partial charge on any atom is 0.214 e. The normalized spacial score (nSPS) is 13.4. The number of allylic oxidation sites excluding steroid dienone is 1. The molecule has 1 rings (SSSR count). The van der Waals surface area contributed by atoms with Crippen molar-refractivity contribution in [1.82, 2.24) is 4.31 Å². The van der Waals surface area contributed by atoms with Crippen LogP contribution in [0.5, 0.6) is 0 Å². The summed E-state index contributed by atoms with van der Waals surface area (Å²) in [7, 11) is -1.78. The number of sulfonamides is 1. The summed E-state index contributed by atoms with van der Waals surface area (Å²) in [4.78, 5) is 0. The lowest BCUT2D eigenvalue weighted by atomic mass is 10.0. The molecule has 0 heterocycles. The largest absolute Gasteiger partial charge is 0.396 e. The second kappa shape index (κ2) is 7.43. The van der Waals surface area contributed by atoms with Crippen molar-refractivity contribution in [3.63, 3.8) is 0 Å². The standard InChI is InChI=1S/C14H21NO3S/c1-3-4-12-19(17,18)15(2)14(10-11-16)13-8-6-5-7-9-13/h3,5-9,14,16H,1,4,10-12H2,2H3. The van der Waals surface area contributed by atoms with E-state index in [1.165, 1.54) is 4.31 Å². The molecule has 0 aliphatic heterocycles. The molecule has 1 N–H and O–H groups in total. The molecule has 0 amide bonds. The molecule has 0 spiro atoms. The average Bonchev–Trinajstić information content (AvgIpc) is 2.43. The van der Waals surface area contributed by atoms with Crippen LogP contribution in [0.2, 0.25) is 0 Å². The first-order chi connectivity index (χ1) is 9.03. The Hall–Kier alpha value is -1.17. The molecule has 0 aliphatic carbocycles. The van der Waals surface area contributed by atoms with Crippen LogP contribution in [0.25, 0.3) is 0 Å². The number of rotatable bonds is 8. The maximum atomic E-state index is 12.2. The van der Waals surface area contributed by atoms with E-state index in [-0.39, 0.29) is 18.4 Å². The van der Waals surface area contributed by atoms with Gasteiger partial charge in [-0.05, 0) is 18.4 Å². The summed E-state index contributed by atoms with van der Waals surface area (Å²) in [6.45, 7) is 3.48. The molecule has 106 valence electrons. The van der Waals surface area contributed by atoms with Gasteiger partial charge in [0, 0.05) is 13.7 Å². The summed E-state index contributed by atoms with van der Waals surface area (Å²) >= 11 is 0. The van der Waals surface area contributed by atoms with Crippen LogP contribution in [0.15, 0.2) is 43.0 Å². The molecule has 0 saturated carbocycles. The van der Waals surface area contributed by atoms with Gasteiger partial charge in [0.2, 0.25) is 10.0 Å². The van der Waals surface area contributed by atoms with Crippen LogP contribution in [0.4, 0.5) is 0 Å². The lowest BCUT2D eigenvalue weighted by Gasteiger charge is -2.27. The van der Waals surface area contributed by atoms with E-state index in [1.54, 1.807) is 13.1 Å². The first-order valence-electron chi connectivity index (χ1n) is 6.25. The Kier molecular flexibility index (Phi) is 6.21. The molecule has 5 heteroatoms. The highest BCUT2D eigenvalue weighted by Crippen LogP contribution is 2.25. The number of aliphatic hydroxyl groups excluding tert-OH is 1. The van der Waals surface area contributed by atoms with Gasteiger partial charge in [-0.3, -0.25) is 0 Å². The summed E-state index contributed by atoms with van der Waals surface area (Å²) in [6, 6.07) is 9.03. The Morgan fingerprint density at radius 3 is 2.53 bits per heavy atom. The van der Waals surface area contributed by atoms with Crippen LogP contribution in [0.3, 0.4) is 0 Å². The summed E-state index contributed by atoms with van der Waals surface area (Å²) in [5.74, 6) is 0.0434. The third-order valence-corrected chi connectivity index (χ3v) is 4.93. The van der Waals surface area contributed by atoms with Crippen LogP contribution < -0.4 is 0 Å². The van der Waals surface area contributed by atoms with Crippen LogP contribution in [-0.4, -0.2) is 37.2 Å². The van der Waals surface area contributed by atoms with E-state index in [0.29, 0.717) is 12.8 Å². The second-order valence-corrected chi connectivity index (χ2v) is 6.50. The van der Waals surface area contributed by atoms with Gasteiger partial charge in [0.15, 0.2) is 0 Å². The van der Waals surface area contributed by atoms with Gasteiger partial charge >= 0.3 is 0 Å². The summed E-state index contributed by atoms with van der Waals surface area (Å²) in [5.41, 5.74) is 0.890. The lowest BCUT2D eigenvalue weighted by molar-refractivity contribution is 0.240. The summed E-state index contributed by atoms with van der Waals surface area (Å²) in [6.07, 6.45) is 2.40. The quantitative estimate of drug-likeness (QED) is 0.742. The van der Waals surface area contributed by atoms with Crippen molar-refractivity contribution in [2.45, 2.75) is 18.9 Å². The van der Waals surface area contributed by atoms with Gasteiger partial charge in [0.1, 0.15) is 0 Å². The highest BCUT2D eigenvalue weighted by molar-refractivity contribution is 7.89. The van der Waals surface area contributed by atoms with Crippen LogP contribution >= 0.6 is 0 Å². The van der Waals surface area contributed by atoms with Crippen molar-refractivity contribution < 1.29 is 13.5 Å². The van der Waals surface area contributed by atoms with Crippen molar-refractivity contribution in [3.05, 3.63) is 48.6 Å². The van der Waals surface area contributed by atoms with E-state index in [9.17, 15) is 8.42 Å². The first kappa shape index (κ1) is 15.9. The van der Waals surface area contributed by atoms with Gasteiger partial charge in [0.25, 0.3) is 0 Å². The number of aliphatic hydroxyl groups is 1. The highest BCUT2D eigenvalue weighted by Gasteiger charge is 2.26. The molecule has 1 atom stereocenters. The zero-order valence-electron chi connectivity index (χ0n) is 11.2. The van der Waals surface area contributed by atoms with E-state index in [0.717, 1.165) is 5.56 Å². The number of nitrogens with zero attached hydrogens (tertiary/aromatic N) is 1. The third kappa shape index (κ3) is 4.45. The zero-order valence-corrected chi connectivity index (χ0v) is 12.0. The van der Waals surface area contributed by atoms with Crippen LogP contribution in [0, 0.1) is 0 Å². The van der Waals surface area contributed by atoms with Crippen molar-refractivity contribution in [1.29, 1.82) is 0 Å². The minimum atomic E-state index is -3.34. The molecular formula is C14H21NO3S. The monoisotopic (exact) mass is 283 g/mol. The van der Waals surface area contributed by atoms with Gasteiger partial charge in [-0.15, -0.1) is 6.58 Å². The Bertz CT molecular complexity index is 485.